The Morgan fingerprint density at radius 1 is 1.56 bits per heavy atom. The second-order valence-corrected chi connectivity index (χ2v) is 4.37. The molecule has 1 aromatic rings. The number of aromatic nitrogens is 1. The molecule has 1 aliphatic heterocycles. The lowest BCUT2D eigenvalue weighted by Gasteiger charge is -2.35. The third-order valence-corrected chi connectivity index (χ3v) is 2.67. The molecule has 1 saturated heterocycles. The summed E-state index contributed by atoms with van der Waals surface area (Å²) in [4.78, 5) is 2.23. The molecular formula is C11H18N2O3. The van der Waals surface area contributed by atoms with Gasteiger partial charge in [-0.15, -0.1) is 0 Å². The third kappa shape index (κ3) is 2.81. The van der Waals surface area contributed by atoms with E-state index in [4.69, 9.17) is 14.4 Å². The van der Waals surface area contributed by atoms with E-state index in [2.05, 4.69) is 10.1 Å². The van der Waals surface area contributed by atoms with E-state index in [1.54, 1.807) is 0 Å². The first kappa shape index (κ1) is 11.6. The van der Waals surface area contributed by atoms with Crippen LogP contribution in [0, 0.1) is 6.92 Å². The summed E-state index contributed by atoms with van der Waals surface area (Å²) >= 11 is 0. The summed E-state index contributed by atoms with van der Waals surface area (Å²) in [5.74, 6) is 0.829. The van der Waals surface area contributed by atoms with Gasteiger partial charge in [0.15, 0.2) is 0 Å². The van der Waals surface area contributed by atoms with E-state index >= 15 is 0 Å². The van der Waals surface area contributed by atoms with Gasteiger partial charge in [0.05, 0.1) is 24.5 Å². The van der Waals surface area contributed by atoms with E-state index in [0.717, 1.165) is 31.1 Å². The molecule has 1 aliphatic rings. The van der Waals surface area contributed by atoms with Gasteiger partial charge in [0.2, 0.25) is 0 Å². The molecule has 1 aromatic heterocycles. The fourth-order valence-electron chi connectivity index (χ4n) is 2.09. The van der Waals surface area contributed by atoms with Crippen LogP contribution in [0.4, 0.5) is 0 Å². The van der Waals surface area contributed by atoms with Crippen molar-refractivity contribution in [1.82, 2.24) is 10.1 Å². The van der Waals surface area contributed by atoms with Gasteiger partial charge in [0.1, 0.15) is 5.76 Å². The largest absolute Gasteiger partial charge is 0.394 e. The Morgan fingerprint density at radius 3 is 3.00 bits per heavy atom. The molecule has 2 atom stereocenters. The number of hydrogen-bond acceptors (Lipinski definition) is 5. The summed E-state index contributed by atoms with van der Waals surface area (Å²) in [5.41, 5.74) is 0.934. The normalized spacial score (nSPS) is 27.2. The highest BCUT2D eigenvalue weighted by Crippen LogP contribution is 2.14. The van der Waals surface area contributed by atoms with Crippen molar-refractivity contribution in [3.63, 3.8) is 0 Å². The Morgan fingerprint density at radius 2 is 2.38 bits per heavy atom. The van der Waals surface area contributed by atoms with Crippen molar-refractivity contribution in [3.05, 3.63) is 17.5 Å². The van der Waals surface area contributed by atoms with Crippen LogP contribution >= 0.6 is 0 Å². The molecule has 90 valence electrons. The summed E-state index contributed by atoms with van der Waals surface area (Å²) in [6.07, 6.45) is 0.0654. The third-order valence-electron chi connectivity index (χ3n) is 2.67. The lowest BCUT2D eigenvalue weighted by molar-refractivity contribution is -0.0976. The first-order chi connectivity index (χ1) is 7.67. The van der Waals surface area contributed by atoms with Crippen LogP contribution in [0.3, 0.4) is 0 Å². The highest BCUT2D eigenvalue weighted by atomic mass is 16.5. The molecule has 5 heteroatoms. The lowest BCUT2D eigenvalue weighted by Crippen LogP contribution is -2.47. The zero-order valence-corrected chi connectivity index (χ0v) is 9.72. The predicted molar refractivity (Wildman–Crippen MR) is 57.9 cm³/mol. The summed E-state index contributed by atoms with van der Waals surface area (Å²) in [7, 11) is 0. The van der Waals surface area contributed by atoms with Crippen molar-refractivity contribution in [1.29, 1.82) is 0 Å². The van der Waals surface area contributed by atoms with Gasteiger partial charge < -0.3 is 14.4 Å². The van der Waals surface area contributed by atoms with Crippen molar-refractivity contribution >= 4 is 0 Å². The second-order valence-electron chi connectivity index (χ2n) is 4.37. The predicted octanol–water partition coefficient (Wildman–Crippen LogP) is 0.565. The van der Waals surface area contributed by atoms with E-state index in [1.807, 2.05) is 19.9 Å². The molecule has 0 bridgehead atoms. The minimum atomic E-state index is -0.0863. The van der Waals surface area contributed by atoms with E-state index in [0.29, 0.717) is 0 Å². The summed E-state index contributed by atoms with van der Waals surface area (Å²) < 4.78 is 10.6. The molecule has 1 fully saturated rings. The molecule has 0 radical (unpaired) electrons. The van der Waals surface area contributed by atoms with E-state index < -0.39 is 0 Å². The van der Waals surface area contributed by atoms with Gasteiger partial charge in [-0.25, -0.2) is 0 Å². The van der Waals surface area contributed by atoms with Gasteiger partial charge in [0, 0.05) is 25.7 Å². The van der Waals surface area contributed by atoms with Gasteiger partial charge in [-0.3, -0.25) is 4.90 Å². The Bertz CT molecular complexity index is 340. The Labute approximate surface area is 95.0 Å². The van der Waals surface area contributed by atoms with Crippen molar-refractivity contribution in [2.75, 3.05) is 19.7 Å². The lowest BCUT2D eigenvalue weighted by atomic mass is 10.2. The SMILES string of the molecule is Cc1cc(CN2CC(C)OC(CO)C2)no1. The molecule has 2 unspecified atom stereocenters. The van der Waals surface area contributed by atoms with Crippen molar-refractivity contribution < 1.29 is 14.4 Å². The van der Waals surface area contributed by atoms with E-state index in [1.165, 1.54) is 0 Å². The highest BCUT2D eigenvalue weighted by molar-refractivity contribution is 5.03. The number of rotatable bonds is 3. The highest BCUT2D eigenvalue weighted by Gasteiger charge is 2.25. The van der Waals surface area contributed by atoms with Crippen LogP contribution in [0.5, 0.6) is 0 Å². The standard InChI is InChI=1S/C11H18N2O3/c1-8-3-10(12-16-8)5-13-4-9(2)15-11(6-13)7-14/h3,9,11,14H,4-7H2,1-2H3. The van der Waals surface area contributed by atoms with Crippen LogP contribution in [0.25, 0.3) is 0 Å². The monoisotopic (exact) mass is 226 g/mol. The fraction of sp³-hybridized carbons (Fsp3) is 0.727. The van der Waals surface area contributed by atoms with Gasteiger partial charge in [0.25, 0.3) is 0 Å². The minimum absolute atomic E-state index is 0.0681. The smallest absolute Gasteiger partial charge is 0.133 e. The van der Waals surface area contributed by atoms with Crippen molar-refractivity contribution in [2.45, 2.75) is 32.6 Å². The maximum Gasteiger partial charge on any atom is 0.133 e. The topological polar surface area (TPSA) is 58.7 Å². The van der Waals surface area contributed by atoms with E-state index in [-0.39, 0.29) is 18.8 Å². The first-order valence-electron chi connectivity index (χ1n) is 5.58. The van der Waals surface area contributed by atoms with Crippen molar-refractivity contribution in [3.8, 4) is 0 Å². The number of hydrogen-bond donors (Lipinski definition) is 1. The zero-order chi connectivity index (χ0) is 11.5. The van der Waals surface area contributed by atoms with Crippen LogP contribution in [-0.2, 0) is 11.3 Å². The molecule has 1 N–H and O–H groups in total. The number of aliphatic hydroxyl groups is 1. The fourth-order valence-corrected chi connectivity index (χ4v) is 2.09. The first-order valence-corrected chi connectivity index (χ1v) is 5.58. The average Bonchev–Trinajstić information content (AvgIpc) is 2.63. The Hall–Kier alpha value is -0.910. The van der Waals surface area contributed by atoms with E-state index in [9.17, 15) is 0 Å². The number of ether oxygens (including phenoxy) is 1. The van der Waals surface area contributed by atoms with Crippen molar-refractivity contribution in [2.24, 2.45) is 0 Å². The molecule has 0 spiro atoms. The summed E-state index contributed by atoms with van der Waals surface area (Å²) in [6, 6.07) is 1.94. The molecular weight excluding hydrogens is 208 g/mol. The van der Waals surface area contributed by atoms with Gasteiger partial charge in [-0.1, -0.05) is 5.16 Å². The maximum atomic E-state index is 9.11. The Balaban J connectivity index is 1.93. The molecule has 5 nitrogen and oxygen atoms in total. The van der Waals surface area contributed by atoms with Crippen LogP contribution in [0.15, 0.2) is 10.6 Å². The molecule has 2 heterocycles. The number of nitrogens with zero attached hydrogens (tertiary/aromatic N) is 2. The quantitative estimate of drug-likeness (QED) is 0.816. The summed E-state index contributed by atoms with van der Waals surface area (Å²) in [6.45, 7) is 6.33. The Kier molecular flexibility index (Phi) is 3.58. The number of aliphatic hydroxyl groups excluding tert-OH is 1. The second kappa shape index (κ2) is 4.95. The summed E-state index contributed by atoms with van der Waals surface area (Å²) in [5, 5.41) is 13.1. The van der Waals surface area contributed by atoms with Gasteiger partial charge >= 0.3 is 0 Å². The zero-order valence-electron chi connectivity index (χ0n) is 9.72. The molecule has 0 saturated carbocycles. The van der Waals surface area contributed by atoms with Crippen LogP contribution in [0.2, 0.25) is 0 Å². The molecule has 16 heavy (non-hydrogen) atoms. The molecule has 0 aliphatic carbocycles. The molecule has 2 rings (SSSR count). The van der Waals surface area contributed by atoms with Crippen LogP contribution < -0.4 is 0 Å². The van der Waals surface area contributed by atoms with Gasteiger partial charge in [-0.05, 0) is 13.8 Å². The number of aryl methyl sites for hydroxylation is 1. The minimum Gasteiger partial charge on any atom is -0.394 e. The van der Waals surface area contributed by atoms with Gasteiger partial charge in [-0.2, -0.15) is 0 Å². The maximum absolute atomic E-state index is 9.11. The molecule has 0 aromatic carbocycles. The average molecular weight is 226 g/mol. The molecule has 0 amide bonds. The van der Waals surface area contributed by atoms with Crippen LogP contribution in [0.1, 0.15) is 18.4 Å². The number of morpholine rings is 1. The van der Waals surface area contributed by atoms with Crippen LogP contribution in [-0.4, -0.2) is 47.1 Å².